The molecule has 2 aromatic carbocycles. The number of nitrogens with zero attached hydrogens (tertiary/aromatic N) is 4. The van der Waals surface area contributed by atoms with Crippen molar-refractivity contribution in [3.8, 4) is 5.75 Å². The van der Waals surface area contributed by atoms with Crippen LogP contribution < -0.4 is 9.64 Å². The highest BCUT2D eigenvalue weighted by Gasteiger charge is 2.45. The zero-order valence-electron chi connectivity index (χ0n) is 19.5. The van der Waals surface area contributed by atoms with E-state index in [0.717, 1.165) is 5.69 Å². The standard InChI is InChI=1S/C26H24Cl2N4O4/c1-19(33)31-10-12-32(13-11-31)21-3-5-22(6-4-21)34-15-23-16-35-26(36-23,17-30-9-8-29-18-30)24-7-2-20(27)14-25(24)28/h2-14,18,23H,15-17H2,1H3/t23-,26-/m1/s1. The van der Waals surface area contributed by atoms with E-state index < -0.39 is 5.79 Å². The van der Waals surface area contributed by atoms with Crippen molar-refractivity contribution >= 4 is 34.8 Å². The van der Waals surface area contributed by atoms with Gasteiger partial charge in [-0.2, -0.15) is 0 Å². The minimum Gasteiger partial charge on any atom is -0.491 e. The molecule has 8 nitrogen and oxygen atoms in total. The lowest BCUT2D eigenvalue weighted by Gasteiger charge is -2.30. The number of hydrogen-bond donors (Lipinski definition) is 0. The molecule has 2 aliphatic rings. The number of imidazole rings is 1. The summed E-state index contributed by atoms with van der Waals surface area (Å²) in [5, 5.41) is 1.00. The van der Waals surface area contributed by atoms with Gasteiger partial charge in [0.2, 0.25) is 11.7 Å². The van der Waals surface area contributed by atoms with Crippen molar-refractivity contribution in [3.05, 3.63) is 102 Å². The fraction of sp³-hybridized carbons (Fsp3) is 0.231. The normalized spacial score (nSPS) is 21.2. The summed E-state index contributed by atoms with van der Waals surface area (Å²) in [6.45, 7) is 2.52. The zero-order valence-corrected chi connectivity index (χ0v) is 21.0. The minimum absolute atomic E-state index is 0.0450. The predicted molar refractivity (Wildman–Crippen MR) is 136 cm³/mol. The molecule has 0 saturated carbocycles. The lowest BCUT2D eigenvalue weighted by Crippen LogP contribution is -2.34. The Bertz CT molecular complexity index is 1270. The Labute approximate surface area is 218 Å². The highest BCUT2D eigenvalue weighted by Crippen LogP contribution is 2.40. The highest BCUT2D eigenvalue weighted by molar-refractivity contribution is 6.35. The summed E-state index contributed by atoms with van der Waals surface area (Å²) in [6, 6.07) is 12.9. The Morgan fingerprint density at radius 2 is 1.92 bits per heavy atom. The van der Waals surface area contributed by atoms with Crippen LogP contribution in [0.4, 0.5) is 5.69 Å². The molecule has 186 valence electrons. The van der Waals surface area contributed by atoms with Gasteiger partial charge in [0, 0.05) is 60.4 Å². The molecule has 2 atom stereocenters. The van der Waals surface area contributed by atoms with Gasteiger partial charge in [0.05, 0.1) is 24.5 Å². The first-order valence-electron chi connectivity index (χ1n) is 11.3. The van der Waals surface area contributed by atoms with Gasteiger partial charge in [0.25, 0.3) is 0 Å². The van der Waals surface area contributed by atoms with Crippen LogP contribution >= 0.6 is 23.2 Å². The average Bonchev–Trinajstić information content (AvgIpc) is 3.54. The van der Waals surface area contributed by atoms with E-state index >= 15 is 0 Å². The van der Waals surface area contributed by atoms with Gasteiger partial charge in [-0.25, -0.2) is 4.98 Å². The second-order valence-corrected chi connectivity index (χ2v) is 9.24. The lowest BCUT2D eigenvalue weighted by molar-refractivity contribution is -0.189. The second kappa shape index (κ2) is 10.4. The van der Waals surface area contributed by atoms with Crippen molar-refractivity contribution in [1.29, 1.82) is 0 Å². The molecule has 0 spiro atoms. The summed E-state index contributed by atoms with van der Waals surface area (Å²) in [7, 11) is 0. The Balaban J connectivity index is 1.24. The van der Waals surface area contributed by atoms with Gasteiger partial charge in [-0.05, 0) is 36.4 Å². The number of amides is 1. The zero-order chi connectivity index (χ0) is 25.1. The summed E-state index contributed by atoms with van der Waals surface area (Å²) >= 11 is 12.6. The lowest BCUT2D eigenvalue weighted by atomic mass is 10.1. The van der Waals surface area contributed by atoms with Crippen LogP contribution in [-0.2, 0) is 26.6 Å². The first-order chi connectivity index (χ1) is 17.4. The summed E-state index contributed by atoms with van der Waals surface area (Å²) in [4.78, 5) is 19.0. The van der Waals surface area contributed by atoms with E-state index in [1.54, 1.807) is 37.1 Å². The first-order valence-corrected chi connectivity index (χ1v) is 12.1. The van der Waals surface area contributed by atoms with Crippen LogP contribution in [0.15, 0.2) is 86.0 Å². The smallest absolute Gasteiger partial charge is 0.227 e. The van der Waals surface area contributed by atoms with Gasteiger partial charge < -0.3 is 23.7 Å². The van der Waals surface area contributed by atoms with Crippen molar-refractivity contribution in [2.45, 2.75) is 25.4 Å². The number of anilines is 1. The van der Waals surface area contributed by atoms with Gasteiger partial charge in [0.1, 0.15) is 18.5 Å². The minimum atomic E-state index is -1.10. The van der Waals surface area contributed by atoms with Crippen LogP contribution in [0, 0.1) is 0 Å². The molecular formula is C26H24Cl2N4O4. The Morgan fingerprint density at radius 3 is 2.58 bits per heavy atom. The predicted octanol–water partition coefficient (Wildman–Crippen LogP) is 5.15. The third-order valence-corrected chi connectivity index (χ3v) is 6.41. The number of rotatable bonds is 7. The molecule has 0 N–H and O–H groups in total. The second-order valence-electron chi connectivity index (χ2n) is 8.40. The average molecular weight is 527 g/mol. The first kappa shape index (κ1) is 24.4. The van der Waals surface area contributed by atoms with Crippen molar-refractivity contribution in [2.75, 3.05) is 18.1 Å². The van der Waals surface area contributed by atoms with E-state index in [0.29, 0.717) is 41.1 Å². The maximum atomic E-state index is 11.5. The van der Waals surface area contributed by atoms with E-state index in [1.165, 1.54) is 11.8 Å². The molecule has 10 heteroatoms. The third-order valence-electron chi connectivity index (χ3n) is 5.86. The number of carbonyl (C=O) groups is 1. The molecule has 0 aliphatic carbocycles. The molecule has 0 unspecified atom stereocenters. The van der Waals surface area contributed by atoms with Crippen molar-refractivity contribution in [1.82, 2.24) is 14.5 Å². The Kier molecular flexibility index (Phi) is 7.02. The van der Waals surface area contributed by atoms with Gasteiger partial charge in [-0.15, -0.1) is 0 Å². The van der Waals surface area contributed by atoms with Gasteiger partial charge in [0.15, 0.2) is 0 Å². The third kappa shape index (κ3) is 5.27. The number of ether oxygens (including phenoxy) is 3. The van der Waals surface area contributed by atoms with Crippen molar-refractivity contribution in [3.63, 3.8) is 0 Å². The molecule has 1 saturated heterocycles. The van der Waals surface area contributed by atoms with Crippen LogP contribution in [0.25, 0.3) is 0 Å². The van der Waals surface area contributed by atoms with Gasteiger partial charge >= 0.3 is 0 Å². The Morgan fingerprint density at radius 1 is 1.14 bits per heavy atom. The van der Waals surface area contributed by atoms with Gasteiger partial charge in [-0.1, -0.05) is 29.3 Å². The maximum absolute atomic E-state index is 11.5. The number of halogens is 2. The summed E-state index contributed by atoms with van der Waals surface area (Å²) in [5.41, 5.74) is 1.63. The topological polar surface area (TPSA) is 69.1 Å². The number of hydrogen-bond acceptors (Lipinski definition) is 6. The Hall–Kier alpha value is -3.30. The molecular weight excluding hydrogens is 503 g/mol. The molecule has 5 rings (SSSR count). The number of benzene rings is 2. The maximum Gasteiger partial charge on any atom is 0.227 e. The molecule has 36 heavy (non-hydrogen) atoms. The molecule has 1 amide bonds. The number of carbonyl (C=O) groups excluding carboxylic acids is 1. The van der Waals surface area contributed by atoms with Crippen LogP contribution in [0.2, 0.25) is 10.0 Å². The van der Waals surface area contributed by atoms with E-state index in [4.69, 9.17) is 37.4 Å². The van der Waals surface area contributed by atoms with E-state index in [2.05, 4.69) is 4.98 Å². The molecule has 3 aromatic rings. The molecule has 0 radical (unpaired) electrons. The molecule has 0 bridgehead atoms. The molecule has 3 heterocycles. The monoisotopic (exact) mass is 526 g/mol. The quantitative estimate of drug-likeness (QED) is 0.424. The molecule has 1 aromatic heterocycles. The van der Waals surface area contributed by atoms with E-state index in [1.807, 2.05) is 58.4 Å². The van der Waals surface area contributed by atoms with Crippen LogP contribution in [0.5, 0.6) is 5.75 Å². The van der Waals surface area contributed by atoms with Crippen LogP contribution in [-0.4, -0.2) is 39.7 Å². The van der Waals surface area contributed by atoms with Crippen molar-refractivity contribution < 1.29 is 19.0 Å². The molecule has 2 aliphatic heterocycles. The fourth-order valence-electron chi connectivity index (χ4n) is 4.05. The summed E-state index contributed by atoms with van der Waals surface area (Å²) in [6.07, 6.45) is 12.0. The molecule has 1 fully saturated rings. The summed E-state index contributed by atoms with van der Waals surface area (Å²) in [5.74, 6) is -0.438. The number of aromatic nitrogens is 2. The van der Waals surface area contributed by atoms with E-state index in [-0.39, 0.29) is 12.0 Å². The highest BCUT2D eigenvalue weighted by atomic mass is 35.5. The van der Waals surface area contributed by atoms with Crippen LogP contribution in [0.3, 0.4) is 0 Å². The van der Waals surface area contributed by atoms with Crippen LogP contribution in [0.1, 0.15) is 12.5 Å². The van der Waals surface area contributed by atoms with E-state index in [9.17, 15) is 4.79 Å². The van der Waals surface area contributed by atoms with Crippen molar-refractivity contribution in [2.24, 2.45) is 0 Å². The van der Waals surface area contributed by atoms with Gasteiger partial charge in [-0.3, -0.25) is 9.69 Å². The largest absolute Gasteiger partial charge is 0.491 e. The fourth-order valence-corrected chi connectivity index (χ4v) is 4.60. The summed E-state index contributed by atoms with van der Waals surface area (Å²) < 4.78 is 20.5. The SMILES string of the molecule is CC(=O)N1C=CN(c2ccc(OC[C@@H]3CO[C@@](Cn4ccnc4)(c4ccc(Cl)cc4Cl)O3)cc2)C=C1.